The van der Waals surface area contributed by atoms with Gasteiger partial charge in [0.1, 0.15) is 17.2 Å². The zero-order valence-corrected chi connectivity index (χ0v) is 16.5. The van der Waals surface area contributed by atoms with Crippen molar-refractivity contribution >= 4 is 11.6 Å². The number of anilines is 1. The normalized spacial score (nSPS) is 22.9. The summed E-state index contributed by atoms with van der Waals surface area (Å²) in [4.78, 5) is 16.0. The fraction of sp³-hybridized carbons (Fsp3) is 0.240. The molecule has 2 atom stereocenters. The highest BCUT2D eigenvalue weighted by molar-refractivity contribution is 6.08. The molecule has 0 bridgehead atoms. The Kier molecular flexibility index (Phi) is 4.36. The van der Waals surface area contributed by atoms with Crippen molar-refractivity contribution in [2.75, 3.05) is 18.6 Å². The third-order valence-corrected chi connectivity index (χ3v) is 6.43. The van der Waals surface area contributed by atoms with Crippen molar-refractivity contribution in [3.05, 3.63) is 95.6 Å². The second kappa shape index (κ2) is 7.05. The van der Waals surface area contributed by atoms with E-state index in [1.807, 2.05) is 41.3 Å². The summed E-state index contributed by atoms with van der Waals surface area (Å²) in [5, 5.41) is 2.32. The number of nitrogens with zero attached hydrogens (tertiary/aromatic N) is 1. The van der Waals surface area contributed by atoms with Gasteiger partial charge in [0.2, 0.25) is 5.91 Å². The lowest BCUT2D eigenvalue weighted by Gasteiger charge is -2.28. The maximum atomic E-state index is 14.0. The molecule has 4 nitrogen and oxygen atoms in total. The highest BCUT2D eigenvalue weighted by Gasteiger charge is 2.60. The molecule has 1 spiro atoms. The molecule has 3 aromatic carbocycles. The third-order valence-electron chi connectivity index (χ3n) is 6.43. The van der Waals surface area contributed by atoms with Crippen LogP contribution in [-0.2, 0) is 16.8 Å². The summed E-state index contributed by atoms with van der Waals surface area (Å²) in [6.07, 6.45) is 0.852. The van der Waals surface area contributed by atoms with Crippen LogP contribution in [0.15, 0.2) is 78.9 Å². The van der Waals surface area contributed by atoms with Gasteiger partial charge in [0, 0.05) is 17.7 Å². The minimum absolute atomic E-state index is 0.0721. The van der Waals surface area contributed by atoms with Crippen LogP contribution in [0.25, 0.3) is 0 Å². The Morgan fingerprint density at radius 1 is 1.00 bits per heavy atom. The Labute approximate surface area is 171 Å². The van der Waals surface area contributed by atoms with Crippen molar-refractivity contribution in [1.29, 1.82) is 0 Å². The Hall–Kier alpha value is -3.11. The molecular weight excluding hydrogens is 360 g/mol. The quantitative estimate of drug-likeness (QED) is 0.750. The molecule has 3 aromatic rings. The van der Waals surface area contributed by atoms with E-state index < -0.39 is 5.41 Å². The molecule has 29 heavy (non-hydrogen) atoms. The van der Waals surface area contributed by atoms with Crippen LogP contribution in [0.3, 0.4) is 0 Å². The number of rotatable bonds is 4. The van der Waals surface area contributed by atoms with Gasteiger partial charge in [-0.1, -0.05) is 48.5 Å². The Bertz CT molecular complexity index is 1030. The molecule has 5 rings (SSSR count). The first-order valence-electron chi connectivity index (χ1n) is 10.2. The minimum Gasteiger partial charge on any atom is -0.497 e. The number of para-hydroxylation sites is 1. The predicted octanol–water partition coefficient (Wildman–Crippen LogP) is 3.19. The van der Waals surface area contributed by atoms with E-state index in [0.29, 0.717) is 6.54 Å². The first-order chi connectivity index (χ1) is 14.2. The van der Waals surface area contributed by atoms with E-state index >= 15 is 0 Å². The van der Waals surface area contributed by atoms with Gasteiger partial charge >= 0.3 is 0 Å². The van der Waals surface area contributed by atoms with E-state index in [1.165, 1.54) is 5.56 Å². The number of hydrogen-bond donors (Lipinski definition) is 1. The van der Waals surface area contributed by atoms with E-state index in [4.69, 9.17) is 4.74 Å². The fourth-order valence-corrected chi connectivity index (χ4v) is 5.08. The van der Waals surface area contributed by atoms with Crippen molar-refractivity contribution < 1.29 is 14.8 Å². The Morgan fingerprint density at radius 3 is 2.48 bits per heavy atom. The van der Waals surface area contributed by atoms with Gasteiger partial charge < -0.3 is 15.0 Å². The molecule has 0 aromatic heterocycles. The monoisotopic (exact) mass is 385 g/mol. The molecule has 2 aliphatic rings. The standard InChI is InChI=1S/C25H24N2O2/c1-29-20-13-11-19(12-14-20)23-25(15-16-26-23)21-9-5-6-10-22(21)27(24(25)28)17-18-7-3-2-4-8-18/h2-14,23,26H,15-17H2,1H3/p+1/t23-,25-/m0/s1. The van der Waals surface area contributed by atoms with Crippen molar-refractivity contribution in [3.63, 3.8) is 0 Å². The molecule has 1 amide bonds. The van der Waals surface area contributed by atoms with Crippen LogP contribution in [0.5, 0.6) is 5.75 Å². The zero-order chi connectivity index (χ0) is 19.8. The molecule has 0 saturated carbocycles. The molecule has 1 saturated heterocycles. The van der Waals surface area contributed by atoms with Crippen LogP contribution >= 0.6 is 0 Å². The van der Waals surface area contributed by atoms with Crippen LogP contribution in [0.2, 0.25) is 0 Å². The van der Waals surface area contributed by atoms with Gasteiger partial charge in [0.15, 0.2) is 0 Å². The van der Waals surface area contributed by atoms with Crippen LogP contribution in [0.1, 0.15) is 29.2 Å². The van der Waals surface area contributed by atoms with Crippen molar-refractivity contribution in [2.24, 2.45) is 0 Å². The van der Waals surface area contributed by atoms with Crippen molar-refractivity contribution in [2.45, 2.75) is 24.4 Å². The van der Waals surface area contributed by atoms with Gasteiger partial charge in [0.25, 0.3) is 0 Å². The number of ether oxygens (including phenoxy) is 1. The van der Waals surface area contributed by atoms with Crippen LogP contribution in [-0.4, -0.2) is 19.6 Å². The average molecular weight is 385 g/mol. The SMILES string of the molecule is COc1ccc([C@@H]2[NH2+]CC[C@@]23C(=O)N(Cc2ccccc2)c2ccccc23)cc1. The molecule has 0 unspecified atom stereocenters. The second-order valence-electron chi connectivity index (χ2n) is 7.89. The average Bonchev–Trinajstić information content (AvgIpc) is 3.32. The lowest BCUT2D eigenvalue weighted by Crippen LogP contribution is -2.83. The Balaban J connectivity index is 1.59. The van der Waals surface area contributed by atoms with E-state index in [9.17, 15) is 4.79 Å². The van der Waals surface area contributed by atoms with Gasteiger partial charge in [0.05, 0.1) is 20.2 Å². The van der Waals surface area contributed by atoms with E-state index in [-0.39, 0.29) is 11.9 Å². The van der Waals surface area contributed by atoms with E-state index in [1.54, 1.807) is 7.11 Å². The highest BCUT2D eigenvalue weighted by Crippen LogP contribution is 2.51. The molecule has 1 fully saturated rings. The van der Waals surface area contributed by atoms with Crippen LogP contribution in [0.4, 0.5) is 5.69 Å². The lowest BCUT2D eigenvalue weighted by atomic mass is 9.73. The first kappa shape index (κ1) is 18.0. The molecular formula is C25H25N2O2+. The maximum absolute atomic E-state index is 14.0. The summed E-state index contributed by atoms with van der Waals surface area (Å²) in [7, 11) is 1.68. The predicted molar refractivity (Wildman–Crippen MR) is 113 cm³/mol. The second-order valence-corrected chi connectivity index (χ2v) is 7.89. The topological polar surface area (TPSA) is 46.1 Å². The number of benzene rings is 3. The summed E-state index contributed by atoms with van der Waals surface area (Å²) < 4.78 is 5.32. The van der Waals surface area contributed by atoms with Crippen molar-refractivity contribution in [3.8, 4) is 5.75 Å². The number of hydrogen-bond acceptors (Lipinski definition) is 2. The summed E-state index contributed by atoms with van der Waals surface area (Å²) in [6, 6.07) is 26.8. The van der Waals surface area contributed by atoms with Crippen molar-refractivity contribution in [1.82, 2.24) is 0 Å². The largest absolute Gasteiger partial charge is 0.497 e. The number of carbonyl (C=O) groups is 1. The number of methoxy groups -OCH3 is 1. The third kappa shape index (κ3) is 2.75. The lowest BCUT2D eigenvalue weighted by molar-refractivity contribution is -0.679. The molecule has 2 heterocycles. The fourth-order valence-electron chi connectivity index (χ4n) is 5.08. The summed E-state index contributed by atoms with van der Waals surface area (Å²) in [5.74, 6) is 1.06. The van der Waals surface area contributed by atoms with Gasteiger partial charge in [-0.25, -0.2) is 0 Å². The van der Waals surface area contributed by atoms with Crippen LogP contribution < -0.4 is 15.0 Å². The minimum atomic E-state index is -0.514. The number of amides is 1. The first-order valence-corrected chi connectivity index (χ1v) is 10.2. The summed E-state index contributed by atoms with van der Waals surface area (Å²) >= 11 is 0. The molecule has 0 aliphatic carbocycles. The van der Waals surface area contributed by atoms with E-state index in [2.05, 4.69) is 47.8 Å². The molecule has 146 valence electrons. The highest BCUT2D eigenvalue weighted by atomic mass is 16.5. The smallest absolute Gasteiger partial charge is 0.244 e. The zero-order valence-electron chi connectivity index (χ0n) is 16.5. The Morgan fingerprint density at radius 2 is 1.72 bits per heavy atom. The maximum Gasteiger partial charge on any atom is 0.244 e. The van der Waals surface area contributed by atoms with Gasteiger partial charge in [-0.15, -0.1) is 0 Å². The number of carbonyl (C=O) groups excluding carboxylic acids is 1. The number of nitrogens with two attached hydrogens (primary N) is 1. The molecule has 0 radical (unpaired) electrons. The van der Waals surface area contributed by atoms with Gasteiger partial charge in [-0.05, 0) is 41.5 Å². The van der Waals surface area contributed by atoms with Gasteiger partial charge in [-0.3, -0.25) is 4.79 Å². The number of quaternary nitrogens is 1. The molecule has 2 N–H and O–H groups in total. The van der Waals surface area contributed by atoms with E-state index in [0.717, 1.165) is 35.5 Å². The molecule has 2 aliphatic heterocycles. The summed E-state index contributed by atoms with van der Waals surface area (Å²) in [5.41, 5.74) is 4.02. The number of fused-ring (bicyclic) bond motifs is 2. The molecule has 4 heteroatoms. The summed E-state index contributed by atoms with van der Waals surface area (Å²) in [6.45, 7) is 1.55. The van der Waals surface area contributed by atoms with Gasteiger partial charge in [-0.2, -0.15) is 0 Å². The van der Waals surface area contributed by atoms with Crippen LogP contribution in [0, 0.1) is 0 Å².